The third-order valence-electron chi connectivity index (χ3n) is 5.28. The summed E-state index contributed by atoms with van der Waals surface area (Å²) in [6.07, 6.45) is -1.29. The standard InChI is InChI=1S/C26H33Cl3O6/c1-16(2)32-14-22(35-17(3)30)15-33-21-8-6-18(7-9-21)26(4,5)19-10-23(28)25(24(29)11-19)34-13-20(31)12-27/h6-11,16,20,22,31H,12-15H2,1-5H3/t20-,22-/m0/s1. The minimum Gasteiger partial charge on any atom is -0.490 e. The van der Waals surface area contributed by atoms with Crippen molar-refractivity contribution >= 4 is 40.8 Å². The molecule has 2 aromatic rings. The second-order valence-electron chi connectivity index (χ2n) is 8.96. The molecule has 35 heavy (non-hydrogen) atoms. The van der Waals surface area contributed by atoms with Gasteiger partial charge in [0.2, 0.25) is 0 Å². The molecule has 0 unspecified atom stereocenters. The zero-order valence-electron chi connectivity index (χ0n) is 20.6. The first kappa shape index (κ1) is 29.5. The highest BCUT2D eigenvalue weighted by molar-refractivity contribution is 6.37. The van der Waals surface area contributed by atoms with E-state index in [1.54, 1.807) is 12.1 Å². The SMILES string of the molecule is CC(=O)O[C@H](COc1ccc(C(C)(C)c2cc(Cl)c(OC[C@@H](O)CCl)c(Cl)c2)cc1)COC(C)C. The molecule has 0 spiro atoms. The van der Waals surface area contributed by atoms with Crippen LogP contribution in [0.4, 0.5) is 0 Å². The maximum absolute atomic E-state index is 11.4. The molecule has 2 rings (SSSR count). The van der Waals surface area contributed by atoms with Crippen LogP contribution in [0.5, 0.6) is 11.5 Å². The Labute approximate surface area is 222 Å². The molecule has 0 heterocycles. The Kier molecular flexibility index (Phi) is 11.4. The highest BCUT2D eigenvalue weighted by Gasteiger charge is 2.26. The van der Waals surface area contributed by atoms with Crippen LogP contribution in [-0.2, 0) is 19.7 Å². The van der Waals surface area contributed by atoms with Gasteiger partial charge >= 0.3 is 5.97 Å². The zero-order valence-corrected chi connectivity index (χ0v) is 22.9. The number of rotatable bonds is 13. The minimum absolute atomic E-state index is 0.00491. The Morgan fingerprint density at radius 2 is 1.57 bits per heavy atom. The molecule has 0 aliphatic rings. The normalized spacial score (nSPS) is 13.4. The first-order valence-electron chi connectivity index (χ1n) is 11.3. The summed E-state index contributed by atoms with van der Waals surface area (Å²) < 4.78 is 22.2. The van der Waals surface area contributed by atoms with Crippen LogP contribution in [0.2, 0.25) is 10.0 Å². The summed E-state index contributed by atoms with van der Waals surface area (Å²) in [6, 6.07) is 11.3. The molecule has 0 amide bonds. The molecule has 0 radical (unpaired) electrons. The summed E-state index contributed by atoms with van der Waals surface area (Å²) in [4.78, 5) is 11.4. The van der Waals surface area contributed by atoms with E-state index in [9.17, 15) is 9.90 Å². The molecule has 194 valence electrons. The van der Waals surface area contributed by atoms with E-state index < -0.39 is 17.6 Å². The topological polar surface area (TPSA) is 74.2 Å². The van der Waals surface area contributed by atoms with E-state index >= 15 is 0 Å². The minimum atomic E-state index is -0.812. The summed E-state index contributed by atoms with van der Waals surface area (Å²) in [5.41, 5.74) is 1.49. The second-order valence-corrected chi connectivity index (χ2v) is 10.1. The molecular weight excluding hydrogens is 515 g/mol. The fraction of sp³-hybridized carbons (Fsp3) is 0.500. The van der Waals surface area contributed by atoms with Crippen LogP contribution in [0.3, 0.4) is 0 Å². The number of esters is 1. The highest BCUT2D eigenvalue weighted by Crippen LogP contribution is 2.40. The molecule has 0 fully saturated rings. The monoisotopic (exact) mass is 546 g/mol. The van der Waals surface area contributed by atoms with Gasteiger partial charge in [-0.25, -0.2) is 0 Å². The van der Waals surface area contributed by atoms with Gasteiger partial charge in [0.1, 0.15) is 25.1 Å². The average molecular weight is 548 g/mol. The molecule has 1 N–H and O–H groups in total. The molecule has 0 aliphatic carbocycles. The van der Waals surface area contributed by atoms with Crippen molar-refractivity contribution in [1.29, 1.82) is 0 Å². The third kappa shape index (κ3) is 9.03. The van der Waals surface area contributed by atoms with Gasteiger partial charge < -0.3 is 24.1 Å². The fourth-order valence-electron chi connectivity index (χ4n) is 3.26. The largest absolute Gasteiger partial charge is 0.490 e. The summed E-state index contributed by atoms with van der Waals surface area (Å²) in [5.74, 6) is 0.622. The number of carbonyl (C=O) groups is 1. The average Bonchev–Trinajstić information content (AvgIpc) is 2.79. The molecular formula is C26H33Cl3O6. The van der Waals surface area contributed by atoms with Gasteiger partial charge in [-0.3, -0.25) is 4.79 Å². The predicted octanol–water partition coefficient (Wildman–Crippen LogP) is 6.03. The summed E-state index contributed by atoms with van der Waals surface area (Å²) in [5, 5.41) is 10.3. The lowest BCUT2D eigenvalue weighted by atomic mass is 9.78. The van der Waals surface area contributed by atoms with Gasteiger partial charge in [0.05, 0.1) is 28.6 Å². The van der Waals surface area contributed by atoms with Crippen LogP contribution in [-0.4, -0.2) is 55.1 Å². The van der Waals surface area contributed by atoms with E-state index in [1.807, 2.05) is 38.1 Å². The number of aliphatic hydroxyl groups excluding tert-OH is 1. The van der Waals surface area contributed by atoms with Gasteiger partial charge in [-0.05, 0) is 49.2 Å². The second kappa shape index (κ2) is 13.6. The summed E-state index contributed by atoms with van der Waals surface area (Å²) in [6.45, 7) is 9.74. The van der Waals surface area contributed by atoms with E-state index in [-0.39, 0.29) is 37.8 Å². The first-order valence-corrected chi connectivity index (χ1v) is 12.6. The van der Waals surface area contributed by atoms with Crippen LogP contribution >= 0.6 is 34.8 Å². The number of hydrogen-bond acceptors (Lipinski definition) is 6. The number of alkyl halides is 1. The lowest BCUT2D eigenvalue weighted by Crippen LogP contribution is -2.30. The lowest BCUT2D eigenvalue weighted by molar-refractivity contribution is -0.152. The van der Waals surface area contributed by atoms with Crippen molar-refractivity contribution in [1.82, 2.24) is 0 Å². The fourth-order valence-corrected chi connectivity index (χ4v) is 3.94. The molecule has 6 nitrogen and oxygen atoms in total. The van der Waals surface area contributed by atoms with Crippen molar-refractivity contribution in [3.8, 4) is 11.5 Å². The van der Waals surface area contributed by atoms with E-state index in [0.717, 1.165) is 11.1 Å². The van der Waals surface area contributed by atoms with E-state index in [2.05, 4.69) is 13.8 Å². The lowest BCUT2D eigenvalue weighted by Gasteiger charge is -2.27. The molecule has 2 atom stereocenters. The quantitative estimate of drug-likeness (QED) is 0.244. The van der Waals surface area contributed by atoms with Crippen molar-refractivity contribution < 1.29 is 28.8 Å². The Bertz CT molecular complexity index is 939. The van der Waals surface area contributed by atoms with Crippen LogP contribution in [0.15, 0.2) is 36.4 Å². The van der Waals surface area contributed by atoms with Crippen LogP contribution in [0.25, 0.3) is 0 Å². The Morgan fingerprint density at radius 3 is 2.09 bits per heavy atom. The molecule has 0 bridgehead atoms. The third-order valence-corrected chi connectivity index (χ3v) is 6.20. The Balaban J connectivity index is 2.12. The molecule has 0 saturated carbocycles. The molecule has 2 aromatic carbocycles. The predicted molar refractivity (Wildman–Crippen MR) is 139 cm³/mol. The molecule has 9 heteroatoms. The Hall–Kier alpha value is -1.70. The summed E-state index contributed by atoms with van der Waals surface area (Å²) >= 11 is 18.5. The van der Waals surface area contributed by atoms with E-state index in [0.29, 0.717) is 21.5 Å². The van der Waals surface area contributed by atoms with Gasteiger partial charge in [-0.1, -0.05) is 49.2 Å². The molecule has 0 aliphatic heterocycles. The zero-order chi connectivity index (χ0) is 26.2. The van der Waals surface area contributed by atoms with Crippen molar-refractivity contribution in [2.45, 2.75) is 58.3 Å². The van der Waals surface area contributed by atoms with Gasteiger partial charge in [-0.15, -0.1) is 11.6 Å². The Morgan fingerprint density at radius 1 is 0.971 bits per heavy atom. The number of benzene rings is 2. The van der Waals surface area contributed by atoms with Crippen molar-refractivity contribution in [2.75, 3.05) is 25.7 Å². The number of carbonyl (C=O) groups excluding carboxylic acids is 1. The van der Waals surface area contributed by atoms with Gasteiger partial charge in [0.25, 0.3) is 0 Å². The van der Waals surface area contributed by atoms with Crippen molar-refractivity contribution in [3.05, 3.63) is 57.6 Å². The van der Waals surface area contributed by atoms with Crippen LogP contribution in [0, 0.1) is 0 Å². The van der Waals surface area contributed by atoms with Gasteiger partial charge in [0, 0.05) is 12.3 Å². The van der Waals surface area contributed by atoms with E-state index in [4.69, 9.17) is 53.8 Å². The van der Waals surface area contributed by atoms with Crippen LogP contribution < -0.4 is 9.47 Å². The molecule has 0 aromatic heterocycles. The van der Waals surface area contributed by atoms with E-state index in [1.165, 1.54) is 6.92 Å². The highest BCUT2D eigenvalue weighted by atomic mass is 35.5. The number of aliphatic hydroxyl groups is 1. The maximum Gasteiger partial charge on any atom is 0.303 e. The van der Waals surface area contributed by atoms with Crippen LogP contribution in [0.1, 0.15) is 45.7 Å². The smallest absolute Gasteiger partial charge is 0.303 e. The summed E-state index contributed by atoms with van der Waals surface area (Å²) in [7, 11) is 0. The van der Waals surface area contributed by atoms with Crippen molar-refractivity contribution in [3.63, 3.8) is 0 Å². The number of hydrogen-bond donors (Lipinski definition) is 1. The maximum atomic E-state index is 11.4. The number of ether oxygens (including phenoxy) is 4. The van der Waals surface area contributed by atoms with Gasteiger partial charge in [0.15, 0.2) is 11.9 Å². The van der Waals surface area contributed by atoms with Gasteiger partial charge in [-0.2, -0.15) is 0 Å². The first-order chi connectivity index (χ1) is 16.4. The molecule has 0 saturated heterocycles. The number of halogens is 3. The van der Waals surface area contributed by atoms with Crippen molar-refractivity contribution in [2.24, 2.45) is 0 Å².